The Labute approximate surface area is 94.8 Å². The summed E-state index contributed by atoms with van der Waals surface area (Å²) in [5.74, 6) is 1.69. The van der Waals surface area contributed by atoms with Crippen molar-refractivity contribution >= 4 is 0 Å². The van der Waals surface area contributed by atoms with Gasteiger partial charge in [-0.15, -0.1) is 0 Å². The van der Waals surface area contributed by atoms with Crippen molar-refractivity contribution in [2.45, 2.75) is 20.1 Å². The molecular formula is C13H15NO2. The third-order valence-electron chi connectivity index (χ3n) is 2.43. The van der Waals surface area contributed by atoms with Crippen molar-refractivity contribution in [2.75, 3.05) is 0 Å². The van der Waals surface area contributed by atoms with Gasteiger partial charge in [-0.05, 0) is 36.2 Å². The number of nitrogens with two attached hydrogens (primary N) is 1. The maximum Gasteiger partial charge on any atom is 0.146 e. The fourth-order valence-corrected chi connectivity index (χ4v) is 1.54. The Kier molecular flexibility index (Phi) is 3.27. The smallest absolute Gasteiger partial charge is 0.146 e. The fourth-order valence-electron chi connectivity index (χ4n) is 1.54. The molecule has 3 nitrogen and oxygen atoms in total. The number of furan rings is 1. The zero-order valence-corrected chi connectivity index (χ0v) is 9.27. The van der Waals surface area contributed by atoms with Crippen LogP contribution in [-0.4, -0.2) is 0 Å². The van der Waals surface area contributed by atoms with Crippen molar-refractivity contribution in [1.82, 2.24) is 0 Å². The molecule has 0 spiro atoms. The molecule has 0 aliphatic rings. The van der Waals surface area contributed by atoms with Crippen LogP contribution in [0.25, 0.3) is 0 Å². The van der Waals surface area contributed by atoms with E-state index in [9.17, 15) is 0 Å². The third-order valence-corrected chi connectivity index (χ3v) is 2.43. The Morgan fingerprint density at radius 3 is 2.81 bits per heavy atom. The molecule has 0 saturated carbocycles. The lowest BCUT2D eigenvalue weighted by atomic mass is 10.1. The molecule has 0 atom stereocenters. The largest absolute Gasteiger partial charge is 0.485 e. The van der Waals surface area contributed by atoms with Gasteiger partial charge in [0, 0.05) is 6.54 Å². The van der Waals surface area contributed by atoms with Crippen LogP contribution in [-0.2, 0) is 13.2 Å². The quantitative estimate of drug-likeness (QED) is 0.856. The molecule has 3 heteroatoms. The van der Waals surface area contributed by atoms with Gasteiger partial charge in [-0.1, -0.05) is 12.1 Å². The van der Waals surface area contributed by atoms with E-state index in [0.717, 1.165) is 22.6 Å². The van der Waals surface area contributed by atoms with Crippen molar-refractivity contribution in [3.05, 3.63) is 53.5 Å². The highest BCUT2D eigenvalue weighted by atomic mass is 16.5. The van der Waals surface area contributed by atoms with Crippen molar-refractivity contribution in [3.8, 4) is 5.75 Å². The first-order valence-corrected chi connectivity index (χ1v) is 5.24. The van der Waals surface area contributed by atoms with E-state index in [1.165, 1.54) is 0 Å². The second-order valence-corrected chi connectivity index (χ2v) is 3.67. The summed E-state index contributed by atoms with van der Waals surface area (Å²) >= 11 is 0. The molecule has 84 valence electrons. The average molecular weight is 217 g/mol. The molecule has 0 radical (unpaired) electrons. The molecule has 1 heterocycles. The van der Waals surface area contributed by atoms with E-state index >= 15 is 0 Å². The maximum absolute atomic E-state index is 5.65. The Morgan fingerprint density at radius 2 is 2.19 bits per heavy atom. The Bertz CT molecular complexity index is 449. The summed E-state index contributed by atoms with van der Waals surface area (Å²) in [4.78, 5) is 0. The Hall–Kier alpha value is -1.74. The molecular weight excluding hydrogens is 202 g/mol. The summed E-state index contributed by atoms with van der Waals surface area (Å²) in [5, 5.41) is 0. The number of rotatable bonds is 4. The topological polar surface area (TPSA) is 48.4 Å². The molecule has 2 N–H and O–H groups in total. The van der Waals surface area contributed by atoms with E-state index in [-0.39, 0.29) is 0 Å². The van der Waals surface area contributed by atoms with E-state index in [1.54, 1.807) is 6.26 Å². The van der Waals surface area contributed by atoms with Gasteiger partial charge in [-0.2, -0.15) is 0 Å². The van der Waals surface area contributed by atoms with Gasteiger partial charge in [-0.25, -0.2) is 0 Å². The molecule has 0 aliphatic carbocycles. The Morgan fingerprint density at radius 1 is 1.31 bits per heavy atom. The molecule has 1 aromatic heterocycles. The molecule has 1 aromatic carbocycles. The highest BCUT2D eigenvalue weighted by Gasteiger charge is 2.02. The molecule has 0 unspecified atom stereocenters. The van der Waals surface area contributed by atoms with Gasteiger partial charge in [0.1, 0.15) is 18.1 Å². The SMILES string of the molecule is Cc1cc(CN)ccc1OCc1ccco1. The Balaban J connectivity index is 2.04. The van der Waals surface area contributed by atoms with Crippen LogP contribution in [0.2, 0.25) is 0 Å². The van der Waals surface area contributed by atoms with Crippen molar-refractivity contribution in [1.29, 1.82) is 0 Å². The number of hydrogen-bond acceptors (Lipinski definition) is 3. The monoisotopic (exact) mass is 217 g/mol. The molecule has 0 aliphatic heterocycles. The fraction of sp³-hybridized carbons (Fsp3) is 0.231. The predicted molar refractivity (Wildman–Crippen MR) is 62.1 cm³/mol. The van der Waals surface area contributed by atoms with Crippen molar-refractivity contribution in [2.24, 2.45) is 5.73 Å². The minimum absolute atomic E-state index is 0.454. The van der Waals surface area contributed by atoms with E-state index in [2.05, 4.69) is 0 Å². The van der Waals surface area contributed by atoms with Gasteiger partial charge in [0.2, 0.25) is 0 Å². The maximum atomic E-state index is 5.65. The van der Waals surface area contributed by atoms with Crippen LogP contribution in [0.15, 0.2) is 41.0 Å². The zero-order chi connectivity index (χ0) is 11.4. The number of benzene rings is 1. The third kappa shape index (κ3) is 2.44. The van der Waals surface area contributed by atoms with E-state index in [4.69, 9.17) is 14.9 Å². The molecule has 16 heavy (non-hydrogen) atoms. The summed E-state index contributed by atoms with van der Waals surface area (Å²) in [6.07, 6.45) is 1.64. The van der Waals surface area contributed by atoms with Gasteiger partial charge < -0.3 is 14.9 Å². The van der Waals surface area contributed by atoms with Gasteiger partial charge in [0.05, 0.1) is 6.26 Å². The van der Waals surface area contributed by atoms with Crippen LogP contribution in [0.3, 0.4) is 0 Å². The first-order valence-electron chi connectivity index (χ1n) is 5.24. The molecule has 0 bridgehead atoms. The predicted octanol–water partition coefficient (Wildman–Crippen LogP) is 2.63. The van der Waals surface area contributed by atoms with Crippen LogP contribution >= 0.6 is 0 Å². The summed E-state index contributed by atoms with van der Waals surface area (Å²) in [6.45, 7) is 3.02. The van der Waals surface area contributed by atoms with Crippen LogP contribution in [0, 0.1) is 6.92 Å². The zero-order valence-electron chi connectivity index (χ0n) is 9.27. The minimum atomic E-state index is 0.454. The number of hydrogen-bond donors (Lipinski definition) is 1. The molecule has 0 fully saturated rings. The number of ether oxygens (including phenoxy) is 1. The van der Waals surface area contributed by atoms with Crippen molar-refractivity contribution < 1.29 is 9.15 Å². The van der Waals surface area contributed by atoms with Gasteiger partial charge in [0.15, 0.2) is 0 Å². The summed E-state index contributed by atoms with van der Waals surface area (Å²) in [6, 6.07) is 9.70. The standard InChI is InChI=1S/C13H15NO2/c1-10-7-11(8-14)4-5-13(10)16-9-12-3-2-6-15-12/h2-7H,8-9,14H2,1H3. The molecule has 0 amide bonds. The summed E-state index contributed by atoms with van der Waals surface area (Å²) in [7, 11) is 0. The first-order chi connectivity index (χ1) is 7.79. The second-order valence-electron chi connectivity index (χ2n) is 3.67. The lowest BCUT2D eigenvalue weighted by molar-refractivity contribution is 0.268. The van der Waals surface area contributed by atoms with Gasteiger partial charge >= 0.3 is 0 Å². The van der Waals surface area contributed by atoms with E-state index in [0.29, 0.717) is 13.2 Å². The highest BCUT2D eigenvalue weighted by molar-refractivity contribution is 5.36. The first kappa shape index (κ1) is 10.8. The molecule has 2 aromatic rings. The summed E-state index contributed by atoms with van der Waals surface area (Å²) in [5.41, 5.74) is 7.77. The lowest BCUT2D eigenvalue weighted by Crippen LogP contribution is -1.99. The highest BCUT2D eigenvalue weighted by Crippen LogP contribution is 2.20. The van der Waals surface area contributed by atoms with Gasteiger partial charge in [-0.3, -0.25) is 0 Å². The average Bonchev–Trinajstić information content (AvgIpc) is 2.80. The van der Waals surface area contributed by atoms with E-state index < -0.39 is 0 Å². The van der Waals surface area contributed by atoms with Crippen LogP contribution in [0.4, 0.5) is 0 Å². The second kappa shape index (κ2) is 4.86. The lowest BCUT2D eigenvalue weighted by Gasteiger charge is -2.08. The normalized spacial score (nSPS) is 10.4. The molecule has 2 rings (SSSR count). The van der Waals surface area contributed by atoms with Crippen molar-refractivity contribution in [3.63, 3.8) is 0 Å². The minimum Gasteiger partial charge on any atom is -0.485 e. The van der Waals surface area contributed by atoms with Crippen LogP contribution < -0.4 is 10.5 Å². The van der Waals surface area contributed by atoms with Gasteiger partial charge in [0.25, 0.3) is 0 Å². The molecule has 0 saturated heterocycles. The van der Waals surface area contributed by atoms with Crippen LogP contribution in [0.1, 0.15) is 16.9 Å². The summed E-state index contributed by atoms with van der Waals surface area (Å²) < 4.78 is 10.8. The van der Waals surface area contributed by atoms with Crippen LogP contribution in [0.5, 0.6) is 5.75 Å². The van der Waals surface area contributed by atoms with E-state index in [1.807, 2.05) is 37.3 Å². The number of aryl methyl sites for hydroxylation is 1.